The van der Waals surface area contributed by atoms with Gasteiger partial charge in [-0.15, -0.1) is 0 Å². The van der Waals surface area contributed by atoms with Crippen LogP contribution >= 0.6 is 0 Å². The van der Waals surface area contributed by atoms with Gasteiger partial charge >= 0.3 is 0 Å². The van der Waals surface area contributed by atoms with Crippen molar-refractivity contribution in [1.82, 2.24) is 15.2 Å². The molecule has 0 bridgehead atoms. The van der Waals surface area contributed by atoms with Gasteiger partial charge in [-0.1, -0.05) is 0 Å². The molecule has 1 aromatic rings. The summed E-state index contributed by atoms with van der Waals surface area (Å²) in [4.78, 5) is 20.6. The molecular formula is C14H22N4O. The number of pyridine rings is 1. The molecule has 1 atom stereocenters. The minimum Gasteiger partial charge on any atom is -0.363 e. The number of hydrogen-bond acceptors (Lipinski definition) is 4. The van der Waals surface area contributed by atoms with Gasteiger partial charge < -0.3 is 15.1 Å². The molecule has 104 valence electrons. The highest BCUT2D eigenvalue weighted by Crippen LogP contribution is 2.20. The van der Waals surface area contributed by atoms with E-state index in [1.54, 1.807) is 6.20 Å². The van der Waals surface area contributed by atoms with Crippen LogP contribution in [0.4, 0.5) is 5.82 Å². The number of likely N-dealkylation sites (tertiary alicyclic amines) is 1. The Bertz CT molecular complexity index is 430. The topological polar surface area (TPSA) is 48.5 Å². The number of rotatable bonds is 4. The quantitative estimate of drug-likeness (QED) is 0.878. The molecule has 5 nitrogen and oxygen atoms in total. The van der Waals surface area contributed by atoms with E-state index in [4.69, 9.17) is 0 Å². The zero-order chi connectivity index (χ0) is 13.8. The fourth-order valence-corrected chi connectivity index (χ4v) is 2.49. The van der Waals surface area contributed by atoms with E-state index < -0.39 is 0 Å². The Balaban J connectivity index is 2.10. The molecular weight excluding hydrogens is 240 g/mol. The third-order valence-electron chi connectivity index (χ3n) is 3.53. The number of carbonyl (C=O) groups is 1. The monoisotopic (exact) mass is 262 g/mol. The average Bonchev–Trinajstić information content (AvgIpc) is 2.87. The van der Waals surface area contributed by atoms with Crippen LogP contribution in [0.15, 0.2) is 18.3 Å². The molecule has 2 rings (SSSR count). The fourth-order valence-electron chi connectivity index (χ4n) is 2.49. The van der Waals surface area contributed by atoms with Crippen molar-refractivity contribution in [1.29, 1.82) is 0 Å². The summed E-state index contributed by atoms with van der Waals surface area (Å²) in [6, 6.07) is 4.06. The van der Waals surface area contributed by atoms with Crippen LogP contribution in [-0.2, 0) is 0 Å². The van der Waals surface area contributed by atoms with Crippen molar-refractivity contribution in [3.05, 3.63) is 23.9 Å². The molecule has 1 amide bonds. The average molecular weight is 262 g/mol. The Kier molecular flexibility index (Phi) is 4.37. The summed E-state index contributed by atoms with van der Waals surface area (Å²) >= 11 is 0. The second-order valence-electron chi connectivity index (χ2n) is 5.15. The molecule has 0 radical (unpaired) electrons. The maximum atomic E-state index is 12.5. The zero-order valence-electron chi connectivity index (χ0n) is 11.9. The number of hydrogen-bond donors (Lipinski definition) is 1. The Labute approximate surface area is 114 Å². The van der Waals surface area contributed by atoms with Crippen LogP contribution in [-0.4, -0.2) is 56.1 Å². The summed E-state index contributed by atoms with van der Waals surface area (Å²) in [7, 11) is 5.80. The summed E-state index contributed by atoms with van der Waals surface area (Å²) in [5.41, 5.74) is 0.675. The number of likely N-dealkylation sites (N-methyl/N-ethyl adjacent to an activating group) is 1. The normalized spacial score (nSPS) is 18.7. The molecule has 2 heterocycles. The molecule has 0 aromatic carbocycles. The van der Waals surface area contributed by atoms with E-state index >= 15 is 0 Å². The van der Waals surface area contributed by atoms with Gasteiger partial charge in [0.25, 0.3) is 5.91 Å². The van der Waals surface area contributed by atoms with Crippen LogP contribution in [0.5, 0.6) is 0 Å². The summed E-state index contributed by atoms with van der Waals surface area (Å²) in [5, 5.41) is 3.15. The highest BCUT2D eigenvalue weighted by Gasteiger charge is 2.28. The molecule has 1 aliphatic heterocycles. The van der Waals surface area contributed by atoms with E-state index in [0.29, 0.717) is 11.6 Å². The van der Waals surface area contributed by atoms with Crippen LogP contribution in [0.25, 0.3) is 0 Å². The second kappa shape index (κ2) is 6.02. The molecule has 19 heavy (non-hydrogen) atoms. The molecule has 1 aromatic heterocycles. The third-order valence-corrected chi connectivity index (χ3v) is 3.53. The van der Waals surface area contributed by atoms with E-state index in [1.807, 2.05) is 43.1 Å². The van der Waals surface area contributed by atoms with Gasteiger partial charge in [-0.2, -0.15) is 0 Å². The molecule has 0 saturated carbocycles. The second-order valence-corrected chi connectivity index (χ2v) is 5.15. The lowest BCUT2D eigenvalue weighted by molar-refractivity contribution is 0.0736. The summed E-state index contributed by atoms with van der Waals surface area (Å²) < 4.78 is 0. The van der Waals surface area contributed by atoms with Gasteiger partial charge in [0.15, 0.2) is 0 Å². The predicted molar refractivity (Wildman–Crippen MR) is 76.5 cm³/mol. The van der Waals surface area contributed by atoms with Gasteiger partial charge in [-0.25, -0.2) is 4.98 Å². The van der Waals surface area contributed by atoms with Gasteiger partial charge in [-0.3, -0.25) is 4.79 Å². The Morgan fingerprint density at radius 2 is 2.32 bits per heavy atom. The maximum absolute atomic E-state index is 12.5. The maximum Gasteiger partial charge on any atom is 0.255 e. The predicted octanol–water partition coefficient (Wildman–Crippen LogP) is 0.972. The van der Waals surface area contributed by atoms with Crippen molar-refractivity contribution in [3.8, 4) is 0 Å². The van der Waals surface area contributed by atoms with Gasteiger partial charge in [0.2, 0.25) is 0 Å². The molecule has 1 aliphatic rings. The van der Waals surface area contributed by atoms with Gasteiger partial charge in [0.05, 0.1) is 5.56 Å². The molecule has 1 N–H and O–H groups in total. The lowest BCUT2D eigenvalue weighted by atomic mass is 10.2. The van der Waals surface area contributed by atoms with Gasteiger partial charge in [0.1, 0.15) is 5.82 Å². The molecule has 1 saturated heterocycles. The SMILES string of the molecule is CNC[C@H]1CCCN1C(=O)c1ccc(N(C)C)nc1. The summed E-state index contributed by atoms with van der Waals surface area (Å²) in [6.45, 7) is 1.70. The Hall–Kier alpha value is -1.62. The number of nitrogens with zero attached hydrogens (tertiary/aromatic N) is 3. The zero-order valence-corrected chi connectivity index (χ0v) is 11.9. The number of amides is 1. The van der Waals surface area contributed by atoms with Crippen molar-refractivity contribution in [2.24, 2.45) is 0 Å². The van der Waals surface area contributed by atoms with Crippen molar-refractivity contribution in [2.75, 3.05) is 39.1 Å². The molecule has 0 aliphatic carbocycles. The van der Waals surface area contributed by atoms with Crippen molar-refractivity contribution in [2.45, 2.75) is 18.9 Å². The third kappa shape index (κ3) is 3.04. The van der Waals surface area contributed by atoms with E-state index in [2.05, 4.69) is 10.3 Å². The van der Waals surface area contributed by atoms with Gasteiger partial charge in [0, 0.05) is 39.4 Å². The first kappa shape index (κ1) is 13.8. The summed E-state index contributed by atoms with van der Waals surface area (Å²) in [5.74, 6) is 0.959. The van der Waals surface area contributed by atoms with Crippen molar-refractivity contribution < 1.29 is 4.79 Å². The highest BCUT2D eigenvalue weighted by molar-refractivity contribution is 5.94. The van der Waals surface area contributed by atoms with Crippen LogP contribution in [0.2, 0.25) is 0 Å². The number of nitrogens with one attached hydrogen (secondary N) is 1. The molecule has 5 heteroatoms. The van der Waals surface area contributed by atoms with E-state index in [-0.39, 0.29) is 5.91 Å². The van der Waals surface area contributed by atoms with Crippen LogP contribution in [0.1, 0.15) is 23.2 Å². The smallest absolute Gasteiger partial charge is 0.255 e. The fraction of sp³-hybridized carbons (Fsp3) is 0.571. The van der Waals surface area contributed by atoms with Crippen LogP contribution < -0.4 is 10.2 Å². The highest BCUT2D eigenvalue weighted by atomic mass is 16.2. The van der Waals surface area contributed by atoms with Crippen LogP contribution in [0.3, 0.4) is 0 Å². The minimum atomic E-state index is 0.0931. The standard InChI is InChI=1S/C14H22N4O/c1-15-10-12-5-4-8-18(12)14(19)11-6-7-13(16-9-11)17(2)3/h6-7,9,12,15H,4-5,8,10H2,1-3H3/t12-/m1/s1. The Morgan fingerprint density at radius 3 is 2.89 bits per heavy atom. The van der Waals surface area contributed by atoms with Crippen molar-refractivity contribution >= 4 is 11.7 Å². The van der Waals surface area contributed by atoms with E-state index in [0.717, 1.165) is 31.7 Å². The largest absolute Gasteiger partial charge is 0.363 e. The van der Waals surface area contributed by atoms with E-state index in [9.17, 15) is 4.79 Å². The lowest BCUT2D eigenvalue weighted by Crippen LogP contribution is -2.40. The number of aromatic nitrogens is 1. The van der Waals surface area contributed by atoms with Crippen LogP contribution in [0, 0.1) is 0 Å². The van der Waals surface area contributed by atoms with E-state index in [1.165, 1.54) is 0 Å². The molecule has 0 spiro atoms. The van der Waals surface area contributed by atoms with Crippen molar-refractivity contribution in [3.63, 3.8) is 0 Å². The lowest BCUT2D eigenvalue weighted by Gasteiger charge is -2.24. The van der Waals surface area contributed by atoms with Gasteiger partial charge in [-0.05, 0) is 32.0 Å². The first-order valence-corrected chi connectivity index (χ1v) is 6.72. The minimum absolute atomic E-state index is 0.0931. The Morgan fingerprint density at radius 1 is 1.53 bits per heavy atom. The summed E-state index contributed by atoms with van der Waals surface area (Å²) in [6.07, 6.45) is 3.84. The first-order chi connectivity index (χ1) is 9.13. The first-order valence-electron chi connectivity index (χ1n) is 6.72. The molecule has 0 unspecified atom stereocenters. The number of carbonyl (C=O) groups excluding carboxylic acids is 1. The number of anilines is 1. The molecule has 1 fully saturated rings.